The van der Waals surface area contributed by atoms with Crippen LogP contribution in [0.1, 0.15) is 32.1 Å². The van der Waals surface area contributed by atoms with Crippen LogP contribution in [-0.4, -0.2) is 17.4 Å². The zero-order valence-electron chi connectivity index (χ0n) is 6.38. The molecule has 0 aromatic rings. The van der Waals surface area contributed by atoms with Gasteiger partial charge in [0.05, 0.1) is 0 Å². The molecule has 4 heteroatoms. The normalized spacial score (nSPS) is 19.4. The molecule has 0 unspecified atom stereocenters. The molecule has 0 heterocycles. The van der Waals surface area contributed by atoms with Crippen LogP contribution in [0.4, 0.5) is 4.79 Å². The SMILES string of the molecule is O=C(NC1CCCCC1)OO. The van der Waals surface area contributed by atoms with Crippen molar-refractivity contribution in [2.45, 2.75) is 38.1 Å². The van der Waals surface area contributed by atoms with E-state index in [0.717, 1.165) is 25.7 Å². The van der Waals surface area contributed by atoms with Gasteiger partial charge in [-0.15, -0.1) is 0 Å². The van der Waals surface area contributed by atoms with Crippen molar-refractivity contribution in [2.75, 3.05) is 0 Å². The Labute approximate surface area is 65.5 Å². The Morgan fingerprint density at radius 3 is 2.55 bits per heavy atom. The molecule has 0 aliphatic heterocycles. The van der Waals surface area contributed by atoms with Gasteiger partial charge in [-0.3, -0.25) is 4.89 Å². The number of carbonyl (C=O) groups is 1. The van der Waals surface area contributed by atoms with Gasteiger partial charge in [0.15, 0.2) is 0 Å². The second kappa shape index (κ2) is 4.18. The summed E-state index contributed by atoms with van der Waals surface area (Å²) in [7, 11) is 0. The molecule has 1 aliphatic carbocycles. The third-order valence-electron chi connectivity index (χ3n) is 2.01. The monoisotopic (exact) mass is 159 g/mol. The number of rotatable bonds is 1. The van der Waals surface area contributed by atoms with Crippen LogP contribution in [0.2, 0.25) is 0 Å². The lowest BCUT2D eigenvalue weighted by atomic mass is 9.96. The molecular formula is C7H13NO3. The van der Waals surface area contributed by atoms with E-state index in [1.807, 2.05) is 0 Å². The maximum atomic E-state index is 10.5. The highest BCUT2D eigenvalue weighted by Gasteiger charge is 2.15. The molecule has 1 rings (SSSR count). The topological polar surface area (TPSA) is 58.6 Å². The molecule has 0 bridgehead atoms. The van der Waals surface area contributed by atoms with E-state index in [2.05, 4.69) is 10.2 Å². The Kier molecular flexibility index (Phi) is 3.16. The van der Waals surface area contributed by atoms with Gasteiger partial charge in [-0.25, -0.2) is 4.79 Å². The molecule has 0 saturated heterocycles. The summed E-state index contributed by atoms with van der Waals surface area (Å²) in [5.74, 6) is 0. The predicted molar refractivity (Wildman–Crippen MR) is 39.1 cm³/mol. The molecule has 1 amide bonds. The zero-order chi connectivity index (χ0) is 8.10. The largest absolute Gasteiger partial charge is 0.438 e. The fourth-order valence-corrected chi connectivity index (χ4v) is 1.44. The Bertz CT molecular complexity index is 132. The Morgan fingerprint density at radius 2 is 2.00 bits per heavy atom. The molecular weight excluding hydrogens is 146 g/mol. The van der Waals surface area contributed by atoms with Crippen molar-refractivity contribution in [1.29, 1.82) is 0 Å². The lowest BCUT2D eigenvalue weighted by Crippen LogP contribution is -2.36. The average molecular weight is 159 g/mol. The van der Waals surface area contributed by atoms with Crippen LogP contribution in [0.15, 0.2) is 0 Å². The first-order chi connectivity index (χ1) is 5.33. The van der Waals surface area contributed by atoms with Gasteiger partial charge in [-0.1, -0.05) is 19.3 Å². The van der Waals surface area contributed by atoms with Gasteiger partial charge in [-0.05, 0) is 12.8 Å². The minimum Gasteiger partial charge on any atom is -0.316 e. The fraction of sp³-hybridized carbons (Fsp3) is 0.857. The molecule has 1 fully saturated rings. The second-order valence-electron chi connectivity index (χ2n) is 2.86. The summed E-state index contributed by atoms with van der Waals surface area (Å²) >= 11 is 0. The van der Waals surface area contributed by atoms with Crippen LogP contribution in [0, 0.1) is 0 Å². The van der Waals surface area contributed by atoms with Gasteiger partial charge in [0.25, 0.3) is 0 Å². The summed E-state index contributed by atoms with van der Waals surface area (Å²) in [5.41, 5.74) is 0. The van der Waals surface area contributed by atoms with Crippen LogP contribution in [0.5, 0.6) is 0 Å². The van der Waals surface area contributed by atoms with Crippen LogP contribution in [0.25, 0.3) is 0 Å². The molecule has 0 atom stereocenters. The van der Waals surface area contributed by atoms with Gasteiger partial charge in [0, 0.05) is 6.04 Å². The fourth-order valence-electron chi connectivity index (χ4n) is 1.44. The molecule has 0 radical (unpaired) electrons. The van der Waals surface area contributed by atoms with E-state index in [-0.39, 0.29) is 6.04 Å². The van der Waals surface area contributed by atoms with Crippen molar-refractivity contribution in [3.63, 3.8) is 0 Å². The second-order valence-corrected chi connectivity index (χ2v) is 2.86. The van der Waals surface area contributed by atoms with Crippen molar-refractivity contribution in [2.24, 2.45) is 0 Å². The van der Waals surface area contributed by atoms with E-state index in [1.54, 1.807) is 0 Å². The highest BCUT2D eigenvalue weighted by molar-refractivity contribution is 5.66. The highest BCUT2D eigenvalue weighted by atomic mass is 17.1. The predicted octanol–water partition coefficient (Wildman–Crippen LogP) is 1.52. The van der Waals surface area contributed by atoms with Crippen LogP contribution >= 0.6 is 0 Å². The van der Waals surface area contributed by atoms with E-state index in [0.29, 0.717) is 0 Å². The first-order valence-electron chi connectivity index (χ1n) is 3.95. The van der Waals surface area contributed by atoms with Crippen LogP contribution in [0.3, 0.4) is 0 Å². The third kappa shape index (κ3) is 2.76. The van der Waals surface area contributed by atoms with E-state index >= 15 is 0 Å². The Hall–Kier alpha value is -0.770. The van der Waals surface area contributed by atoms with E-state index in [4.69, 9.17) is 5.26 Å². The molecule has 1 aliphatic rings. The first-order valence-corrected chi connectivity index (χ1v) is 3.95. The first kappa shape index (κ1) is 8.33. The zero-order valence-corrected chi connectivity index (χ0v) is 6.38. The summed E-state index contributed by atoms with van der Waals surface area (Å²) in [6.07, 6.45) is 4.79. The van der Waals surface area contributed by atoms with Gasteiger partial charge in [-0.2, -0.15) is 5.26 Å². The van der Waals surface area contributed by atoms with Crippen molar-refractivity contribution in [3.05, 3.63) is 0 Å². The molecule has 64 valence electrons. The number of amides is 1. The average Bonchev–Trinajstić information content (AvgIpc) is 2.06. The van der Waals surface area contributed by atoms with Crippen molar-refractivity contribution >= 4 is 6.09 Å². The van der Waals surface area contributed by atoms with Crippen molar-refractivity contribution in [3.8, 4) is 0 Å². The minimum absolute atomic E-state index is 0.198. The summed E-state index contributed by atoms with van der Waals surface area (Å²) in [6, 6.07) is 0.198. The highest BCUT2D eigenvalue weighted by Crippen LogP contribution is 2.17. The minimum atomic E-state index is -0.739. The standard InChI is InChI=1S/C7H13NO3/c9-7(11-10)8-6-4-2-1-3-5-6/h6,10H,1-5H2,(H,8,9). The van der Waals surface area contributed by atoms with Crippen molar-refractivity contribution < 1.29 is 14.9 Å². The summed E-state index contributed by atoms with van der Waals surface area (Å²) in [5, 5.41) is 10.5. The molecule has 2 N–H and O–H groups in total. The summed E-state index contributed by atoms with van der Waals surface area (Å²) in [6.45, 7) is 0. The molecule has 0 aromatic carbocycles. The van der Waals surface area contributed by atoms with E-state index in [9.17, 15) is 4.79 Å². The maximum absolute atomic E-state index is 10.5. The van der Waals surface area contributed by atoms with Gasteiger partial charge in [0.2, 0.25) is 0 Å². The lowest BCUT2D eigenvalue weighted by Gasteiger charge is -2.21. The van der Waals surface area contributed by atoms with Crippen molar-refractivity contribution in [1.82, 2.24) is 5.32 Å². The van der Waals surface area contributed by atoms with Gasteiger partial charge < -0.3 is 5.32 Å². The van der Waals surface area contributed by atoms with Gasteiger partial charge in [0.1, 0.15) is 0 Å². The van der Waals surface area contributed by atoms with Crippen LogP contribution < -0.4 is 5.32 Å². The summed E-state index contributed by atoms with van der Waals surface area (Å²) in [4.78, 5) is 14.0. The Balaban J connectivity index is 2.19. The van der Waals surface area contributed by atoms with Gasteiger partial charge >= 0.3 is 6.09 Å². The third-order valence-corrected chi connectivity index (χ3v) is 2.01. The molecule has 0 aromatic heterocycles. The molecule has 1 saturated carbocycles. The lowest BCUT2D eigenvalue weighted by molar-refractivity contribution is -0.178. The van der Waals surface area contributed by atoms with E-state index in [1.165, 1.54) is 6.42 Å². The molecule has 0 spiro atoms. The number of hydrogen-bond acceptors (Lipinski definition) is 3. The maximum Gasteiger partial charge on any atom is 0.438 e. The number of hydrogen-bond donors (Lipinski definition) is 2. The van der Waals surface area contributed by atoms with E-state index < -0.39 is 6.09 Å². The van der Waals surface area contributed by atoms with Crippen LogP contribution in [-0.2, 0) is 4.89 Å². The quantitative estimate of drug-likeness (QED) is 0.450. The Morgan fingerprint density at radius 1 is 1.36 bits per heavy atom. The number of nitrogens with one attached hydrogen (secondary N) is 1. The molecule has 4 nitrogen and oxygen atoms in total. The molecule has 11 heavy (non-hydrogen) atoms. The smallest absolute Gasteiger partial charge is 0.316 e. The number of carbonyl (C=O) groups excluding carboxylic acids is 1. The summed E-state index contributed by atoms with van der Waals surface area (Å²) < 4.78 is 0.